The molecular weight excluding hydrogens is 108 g/mol. The van der Waals surface area contributed by atoms with Crippen molar-refractivity contribution in [2.24, 2.45) is 0 Å². The van der Waals surface area contributed by atoms with Gasteiger partial charge in [0.05, 0.1) is 0 Å². The van der Waals surface area contributed by atoms with E-state index in [2.05, 4.69) is 22.9 Å². The summed E-state index contributed by atoms with van der Waals surface area (Å²) < 4.78 is 2.87. The molecule has 0 aromatic rings. The molecule has 0 spiro atoms. The predicted molar refractivity (Wildman–Crippen MR) is 33.4 cm³/mol. The molecule has 3 heteroatoms. The lowest BCUT2D eigenvalue weighted by Gasteiger charge is -1.90. The summed E-state index contributed by atoms with van der Waals surface area (Å²) in [5, 5.41) is 3.13. The average Bonchev–Trinajstić information content (AvgIpc) is 2.43. The van der Waals surface area contributed by atoms with Crippen molar-refractivity contribution in [1.82, 2.24) is 10.0 Å². The van der Waals surface area contributed by atoms with Gasteiger partial charge in [-0.05, 0) is 13.5 Å². The average molecular weight is 118 g/mol. The van der Waals surface area contributed by atoms with E-state index in [0.717, 1.165) is 0 Å². The van der Waals surface area contributed by atoms with Crippen molar-refractivity contribution in [1.29, 1.82) is 0 Å². The highest BCUT2D eigenvalue weighted by Crippen LogP contribution is 2.20. The van der Waals surface area contributed by atoms with Gasteiger partial charge < -0.3 is 5.32 Å². The summed E-state index contributed by atoms with van der Waals surface area (Å²) in [6.45, 7) is 0. The summed E-state index contributed by atoms with van der Waals surface area (Å²) >= 11 is 3.90. The fourth-order valence-corrected chi connectivity index (χ4v) is 0.942. The molecule has 2 atom stereocenters. The third-order valence-corrected chi connectivity index (χ3v) is 1.66. The zero-order valence-corrected chi connectivity index (χ0v) is 5.20. The Morgan fingerprint density at radius 2 is 2.29 bits per heavy atom. The Kier molecular flexibility index (Phi) is 1.57. The molecule has 1 rings (SSSR count). The quantitative estimate of drug-likeness (QED) is 0.437. The predicted octanol–water partition coefficient (Wildman–Crippen LogP) is -0.219. The van der Waals surface area contributed by atoms with Crippen LogP contribution in [0.5, 0.6) is 0 Å². The van der Waals surface area contributed by atoms with Crippen LogP contribution in [-0.2, 0) is 0 Å². The zero-order valence-electron chi connectivity index (χ0n) is 4.31. The van der Waals surface area contributed by atoms with Gasteiger partial charge in [0.15, 0.2) is 0 Å². The fraction of sp³-hybridized carbons (Fsp3) is 1.00. The van der Waals surface area contributed by atoms with Crippen LogP contribution in [0.25, 0.3) is 0 Å². The molecule has 1 aliphatic rings. The molecule has 0 amide bonds. The van der Waals surface area contributed by atoms with E-state index in [1.807, 2.05) is 7.05 Å². The van der Waals surface area contributed by atoms with Crippen LogP contribution in [0, 0.1) is 0 Å². The van der Waals surface area contributed by atoms with Crippen LogP contribution in [0.2, 0.25) is 0 Å². The van der Waals surface area contributed by atoms with E-state index in [9.17, 15) is 0 Å². The summed E-state index contributed by atoms with van der Waals surface area (Å²) in [5.74, 6) is 0. The van der Waals surface area contributed by atoms with Crippen LogP contribution in [0.15, 0.2) is 0 Å². The molecule has 0 aromatic heterocycles. The zero-order chi connectivity index (χ0) is 5.28. The van der Waals surface area contributed by atoms with Crippen molar-refractivity contribution in [3.8, 4) is 0 Å². The van der Waals surface area contributed by atoms with Gasteiger partial charge in [-0.3, -0.25) is 4.72 Å². The highest BCUT2D eigenvalue weighted by atomic mass is 32.1. The minimum atomic E-state index is 0.619. The first-order valence-corrected chi connectivity index (χ1v) is 2.90. The molecule has 42 valence electrons. The maximum Gasteiger partial charge on any atom is 0.0338 e. The van der Waals surface area contributed by atoms with Crippen LogP contribution in [0.4, 0.5) is 0 Å². The summed E-state index contributed by atoms with van der Waals surface area (Å²) in [7, 11) is 1.97. The lowest BCUT2D eigenvalue weighted by Crippen LogP contribution is -2.18. The first kappa shape index (κ1) is 5.41. The van der Waals surface area contributed by atoms with Gasteiger partial charge in [0.1, 0.15) is 0 Å². The van der Waals surface area contributed by atoms with Crippen molar-refractivity contribution < 1.29 is 0 Å². The van der Waals surface area contributed by atoms with Crippen LogP contribution in [-0.4, -0.2) is 19.1 Å². The van der Waals surface area contributed by atoms with E-state index in [4.69, 9.17) is 0 Å². The molecular formula is C4H10N2S. The van der Waals surface area contributed by atoms with E-state index >= 15 is 0 Å². The highest BCUT2D eigenvalue weighted by Gasteiger charge is 2.34. The van der Waals surface area contributed by atoms with E-state index in [1.54, 1.807) is 0 Å². The van der Waals surface area contributed by atoms with Gasteiger partial charge in [-0.15, -0.1) is 0 Å². The minimum Gasteiger partial charge on any atom is -0.315 e. The number of rotatable bonds is 2. The van der Waals surface area contributed by atoms with E-state index in [-0.39, 0.29) is 0 Å². The topological polar surface area (TPSA) is 24.1 Å². The SMILES string of the molecule is CNC1C[C@@H]1NS. The molecule has 0 saturated heterocycles. The summed E-state index contributed by atoms with van der Waals surface area (Å²) in [4.78, 5) is 0. The Balaban J connectivity index is 2.06. The molecule has 0 aromatic carbocycles. The van der Waals surface area contributed by atoms with Gasteiger partial charge >= 0.3 is 0 Å². The normalized spacial score (nSPS) is 38.6. The molecule has 0 bridgehead atoms. The van der Waals surface area contributed by atoms with Crippen LogP contribution in [0.1, 0.15) is 6.42 Å². The Bertz CT molecular complexity index is 58.7. The second-order valence-corrected chi connectivity index (χ2v) is 2.12. The van der Waals surface area contributed by atoms with Crippen molar-refractivity contribution in [2.75, 3.05) is 7.05 Å². The molecule has 7 heavy (non-hydrogen) atoms. The van der Waals surface area contributed by atoms with Gasteiger partial charge in [0.2, 0.25) is 0 Å². The summed E-state index contributed by atoms with van der Waals surface area (Å²) in [6, 6.07) is 1.30. The first-order chi connectivity index (χ1) is 3.38. The minimum absolute atomic E-state index is 0.619. The molecule has 1 saturated carbocycles. The van der Waals surface area contributed by atoms with Crippen LogP contribution < -0.4 is 10.0 Å². The number of hydrogen-bond donors (Lipinski definition) is 3. The first-order valence-electron chi connectivity index (χ1n) is 2.45. The number of nitrogens with one attached hydrogen (secondary N) is 2. The van der Waals surface area contributed by atoms with Gasteiger partial charge in [-0.1, -0.05) is 12.8 Å². The molecule has 0 heterocycles. The van der Waals surface area contributed by atoms with E-state index in [1.165, 1.54) is 6.42 Å². The van der Waals surface area contributed by atoms with Crippen molar-refractivity contribution in [3.63, 3.8) is 0 Å². The molecule has 1 fully saturated rings. The van der Waals surface area contributed by atoms with Crippen molar-refractivity contribution in [2.45, 2.75) is 18.5 Å². The van der Waals surface area contributed by atoms with Gasteiger partial charge in [0, 0.05) is 12.1 Å². The summed E-state index contributed by atoms with van der Waals surface area (Å²) in [6.07, 6.45) is 1.22. The van der Waals surface area contributed by atoms with E-state index < -0.39 is 0 Å². The summed E-state index contributed by atoms with van der Waals surface area (Å²) in [5.41, 5.74) is 0. The molecule has 1 unspecified atom stereocenters. The Hall–Kier alpha value is 0.270. The smallest absolute Gasteiger partial charge is 0.0338 e. The fourth-order valence-electron chi connectivity index (χ4n) is 0.657. The largest absolute Gasteiger partial charge is 0.315 e. The highest BCUT2D eigenvalue weighted by molar-refractivity contribution is 7.78. The Labute approximate surface area is 49.2 Å². The van der Waals surface area contributed by atoms with Crippen molar-refractivity contribution in [3.05, 3.63) is 0 Å². The van der Waals surface area contributed by atoms with Gasteiger partial charge in [-0.25, -0.2) is 0 Å². The number of thiol groups is 1. The lowest BCUT2D eigenvalue weighted by molar-refractivity contribution is 0.761. The molecule has 2 N–H and O–H groups in total. The van der Waals surface area contributed by atoms with Gasteiger partial charge in [-0.2, -0.15) is 0 Å². The standard InChI is InChI=1S/C4H10N2S/c1-5-3-2-4(3)6-7/h3-7H,2H2,1H3/t3?,4-/m0/s1. The monoisotopic (exact) mass is 118 g/mol. The van der Waals surface area contributed by atoms with Gasteiger partial charge in [0.25, 0.3) is 0 Å². The number of hydrogen-bond acceptors (Lipinski definition) is 3. The third-order valence-electron chi connectivity index (χ3n) is 1.33. The van der Waals surface area contributed by atoms with Crippen LogP contribution in [0.3, 0.4) is 0 Å². The van der Waals surface area contributed by atoms with Crippen molar-refractivity contribution >= 4 is 12.8 Å². The second kappa shape index (κ2) is 2.03. The van der Waals surface area contributed by atoms with E-state index in [0.29, 0.717) is 12.1 Å². The molecule has 2 nitrogen and oxygen atoms in total. The second-order valence-electron chi connectivity index (χ2n) is 1.87. The Morgan fingerprint density at radius 1 is 1.57 bits per heavy atom. The maximum atomic E-state index is 3.90. The maximum absolute atomic E-state index is 3.90. The Morgan fingerprint density at radius 3 is 2.43 bits per heavy atom. The lowest BCUT2D eigenvalue weighted by atomic mass is 10.7. The molecule has 0 radical (unpaired) electrons. The molecule has 0 aliphatic heterocycles. The number of likely N-dealkylation sites (N-methyl/N-ethyl adjacent to an activating group) is 1. The molecule has 1 aliphatic carbocycles. The third kappa shape index (κ3) is 1.08. The van der Waals surface area contributed by atoms with Crippen LogP contribution >= 0.6 is 12.8 Å².